The van der Waals surface area contributed by atoms with Crippen LogP contribution in [-0.4, -0.2) is 25.9 Å². The van der Waals surface area contributed by atoms with Crippen molar-refractivity contribution in [3.05, 3.63) is 64.8 Å². The van der Waals surface area contributed by atoms with Crippen molar-refractivity contribution < 1.29 is 23.1 Å². The van der Waals surface area contributed by atoms with Gasteiger partial charge in [0.05, 0.1) is 18.3 Å². The molecule has 0 aliphatic heterocycles. The summed E-state index contributed by atoms with van der Waals surface area (Å²) in [5, 5.41) is 19.0. The molecule has 2 fully saturated rings. The first kappa shape index (κ1) is 22.3. The van der Waals surface area contributed by atoms with Gasteiger partial charge in [-0.25, -0.2) is 0 Å². The van der Waals surface area contributed by atoms with Gasteiger partial charge in [0.1, 0.15) is 17.2 Å². The average molecular weight is 482 g/mol. The number of hydrogen-bond donors (Lipinski definition) is 1. The first-order valence-corrected chi connectivity index (χ1v) is 12.0. The Morgan fingerprint density at radius 1 is 1.17 bits per heavy atom. The quantitative estimate of drug-likeness (QED) is 0.498. The number of nitrogens with zero attached hydrogens (tertiary/aromatic N) is 3. The second kappa shape index (κ2) is 7.18. The van der Waals surface area contributed by atoms with Gasteiger partial charge in [0.2, 0.25) is 0 Å². The number of aromatic nitrogens is 3. The highest BCUT2D eigenvalue weighted by Gasteiger charge is 2.65. The molecule has 0 saturated heterocycles. The van der Waals surface area contributed by atoms with Gasteiger partial charge in [-0.05, 0) is 72.4 Å². The van der Waals surface area contributed by atoms with E-state index in [0.29, 0.717) is 30.0 Å². The molecule has 3 aliphatic rings. The summed E-state index contributed by atoms with van der Waals surface area (Å²) >= 11 is 0. The second-order valence-electron chi connectivity index (χ2n) is 10.8. The van der Waals surface area contributed by atoms with E-state index < -0.39 is 11.7 Å². The highest BCUT2D eigenvalue weighted by Crippen LogP contribution is 2.72. The topological polar surface area (TPSA) is 68.0 Å². The number of Topliss-reactive ketones (excluding diaryl/α,β-unsaturated/α-hetero) is 1. The minimum absolute atomic E-state index is 0.0113. The van der Waals surface area contributed by atoms with Crippen molar-refractivity contribution in [3.63, 3.8) is 0 Å². The lowest BCUT2D eigenvalue weighted by molar-refractivity contribution is -0.137. The summed E-state index contributed by atoms with van der Waals surface area (Å²) in [7, 11) is 0. The van der Waals surface area contributed by atoms with Gasteiger partial charge < -0.3 is 5.11 Å². The number of alkyl halides is 3. The van der Waals surface area contributed by atoms with Gasteiger partial charge in [-0.1, -0.05) is 30.3 Å². The number of phenols is 1. The van der Waals surface area contributed by atoms with E-state index in [4.69, 9.17) is 0 Å². The lowest BCUT2D eigenvalue weighted by atomic mass is 9.61. The standard InChI is InChI=1S/C27H26F3N3O2/c1-15-22(34)8-7-18-19-9-10-25(2)14-26(19,11-23(25)35)20(24(15)18)12-33-13-21(31-32-33)16-3-5-17(6-4-16)27(28,29)30/h3-8,13,19-20,34H,9-12,14H2,1-2H3/t19-,20-,25-,26+/m0/s1. The summed E-state index contributed by atoms with van der Waals surface area (Å²) < 4.78 is 40.5. The first-order chi connectivity index (χ1) is 16.5. The molecule has 35 heavy (non-hydrogen) atoms. The summed E-state index contributed by atoms with van der Waals surface area (Å²) in [4.78, 5) is 13.1. The van der Waals surface area contributed by atoms with E-state index in [9.17, 15) is 23.1 Å². The van der Waals surface area contributed by atoms with Crippen LogP contribution in [0.2, 0.25) is 0 Å². The van der Waals surface area contributed by atoms with Gasteiger partial charge >= 0.3 is 6.18 Å². The molecule has 2 bridgehead atoms. The Hall–Kier alpha value is -3.16. The van der Waals surface area contributed by atoms with Crippen LogP contribution in [0.15, 0.2) is 42.6 Å². The number of aromatic hydroxyl groups is 1. The Kier molecular flexibility index (Phi) is 4.58. The van der Waals surface area contributed by atoms with E-state index in [2.05, 4.69) is 17.2 Å². The number of hydrogen-bond acceptors (Lipinski definition) is 4. The summed E-state index contributed by atoms with van der Waals surface area (Å²) in [5.41, 5.74) is 3.01. The molecule has 4 atom stereocenters. The third-order valence-electron chi connectivity index (χ3n) is 8.92. The molecular weight excluding hydrogens is 455 g/mol. The molecular formula is C27H26F3N3O2. The van der Waals surface area contributed by atoms with E-state index in [1.165, 1.54) is 17.7 Å². The molecule has 0 radical (unpaired) electrons. The van der Waals surface area contributed by atoms with Crippen LogP contribution in [0.5, 0.6) is 5.75 Å². The lowest BCUT2D eigenvalue weighted by Gasteiger charge is -2.42. The molecule has 1 aromatic heterocycles. The van der Waals surface area contributed by atoms with Gasteiger partial charge in [-0.15, -0.1) is 5.10 Å². The summed E-state index contributed by atoms with van der Waals surface area (Å²) in [6.45, 7) is 4.51. The van der Waals surface area contributed by atoms with Crippen molar-refractivity contribution in [3.8, 4) is 17.0 Å². The van der Waals surface area contributed by atoms with Crippen molar-refractivity contribution in [1.82, 2.24) is 15.0 Å². The number of fused-ring (bicyclic) bond motifs is 3. The molecule has 182 valence electrons. The van der Waals surface area contributed by atoms with Crippen molar-refractivity contribution in [2.24, 2.45) is 10.8 Å². The maximum atomic E-state index is 13.1. The van der Waals surface area contributed by atoms with E-state index in [1.807, 2.05) is 13.0 Å². The van der Waals surface area contributed by atoms with Crippen molar-refractivity contribution in [2.45, 2.75) is 64.1 Å². The number of rotatable bonds is 3. The number of benzene rings is 2. The first-order valence-electron chi connectivity index (χ1n) is 12.0. The smallest absolute Gasteiger partial charge is 0.416 e. The second-order valence-corrected chi connectivity index (χ2v) is 10.8. The fourth-order valence-corrected chi connectivity index (χ4v) is 7.18. The maximum absolute atomic E-state index is 13.1. The van der Waals surface area contributed by atoms with E-state index in [0.717, 1.165) is 42.5 Å². The van der Waals surface area contributed by atoms with Gasteiger partial charge in [0.25, 0.3) is 0 Å². The van der Waals surface area contributed by atoms with Crippen LogP contribution >= 0.6 is 0 Å². The Bertz CT molecular complexity index is 1350. The lowest BCUT2D eigenvalue weighted by Crippen LogP contribution is -2.35. The van der Waals surface area contributed by atoms with Crippen molar-refractivity contribution in [2.75, 3.05) is 0 Å². The van der Waals surface area contributed by atoms with Crippen LogP contribution in [0.1, 0.15) is 66.7 Å². The molecule has 1 heterocycles. The predicted molar refractivity (Wildman–Crippen MR) is 123 cm³/mol. The van der Waals surface area contributed by atoms with E-state index in [-0.39, 0.29) is 28.4 Å². The molecule has 0 unspecified atom stereocenters. The molecule has 8 heteroatoms. The molecule has 2 saturated carbocycles. The summed E-state index contributed by atoms with van der Waals surface area (Å²) in [6.07, 6.45) is 0.537. The number of ketones is 1. The zero-order valence-electron chi connectivity index (χ0n) is 19.6. The Morgan fingerprint density at radius 2 is 1.91 bits per heavy atom. The van der Waals surface area contributed by atoms with Gasteiger partial charge in [-0.2, -0.15) is 13.2 Å². The van der Waals surface area contributed by atoms with Crippen molar-refractivity contribution >= 4 is 5.78 Å². The van der Waals surface area contributed by atoms with Crippen LogP contribution in [0.3, 0.4) is 0 Å². The fourth-order valence-electron chi connectivity index (χ4n) is 7.18. The molecule has 3 aliphatic carbocycles. The molecule has 6 rings (SSSR count). The predicted octanol–water partition coefficient (Wildman–Crippen LogP) is 6.01. The largest absolute Gasteiger partial charge is 0.508 e. The molecule has 3 aromatic rings. The Morgan fingerprint density at radius 3 is 2.63 bits per heavy atom. The zero-order valence-corrected chi connectivity index (χ0v) is 19.6. The molecule has 0 amide bonds. The normalized spacial score (nSPS) is 29.3. The number of halogens is 3. The Labute approximate surface area is 201 Å². The molecule has 1 N–H and O–H groups in total. The zero-order chi connectivity index (χ0) is 24.8. The molecule has 5 nitrogen and oxygen atoms in total. The average Bonchev–Trinajstić information content (AvgIpc) is 3.43. The minimum atomic E-state index is -4.39. The summed E-state index contributed by atoms with van der Waals surface area (Å²) in [5.74, 6) is 0.825. The van der Waals surface area contributed by atoms with Crippen LogP contribution in [-0.2, 0) is 17.5 Å². The van der Waals surface area contributed by atoms with Crippen molar-refractivity contribution in [1.29, 1.82) is 0 Å². The highest BCUT2D eigenvalue weighted by molar-refractivity contribution is 5.89. The fraction of sp³-hybridized carbons (Fsp3) is 0.444. The van der Waals surface area contributed by atoms with Gasteiger partial charge in [0.15, 0.2) is 0 Å². The molecule has 1 spiro atoms. The van der Waals surface area contributed by atoms with Crippen LogP contribution in [0.4, 0.5) is 13.2 Å². The van der Waals surface area contributed by atoms with Gasteiger partial charge in [-0.3, -0.25) is 9.48 Å². The van der Waals surface area contributed by atoms with Gasteiger partial charge in [0, 0.05) is 23.3 Å². The molecule has 2 aromatic carbocycles. The van der Waals surface area contributed by atoms with Crippen LogP contribution in [0, 0.1) is 17.8 Å². The highest BCUT2D eigenvalue weighted by atomic mass is 19.4. The van der Waals surface area contributed by atoms with Crippen LogP contribution < -0.4 is 0 Å². The minimum Gasteiger partial charge on any atom is -0.508 e. The third kappa shape index (κ3) is 3.18. The van der Waals surface area contributed by atoms with E-state index >= 15 is 0 Å². The van der Waals surface area contributed by atoms with E-state index in [1.54, 1.807) is 16.9 Å². The summed E-state index contributed by atoms with van der Waals surface area (Å²) in [6, 6.07) is 8.67. The maximum Gasteiger partial charge on any atom is 0.416 e. The number of carbonyl (C=O) groups is 1. The Balaban J connectivity index is 1.37. The third-order valence-corrected chi connectivity index (χ3v) is 8.92. The number of carbonyl (C=O) groups excluding carboxylic acids is 1. The number of phenolic OH excluding ortho intramolecular Hbond substituents is 1. The SMILES string of the molecule is Cc1c(O)ccc2c1[C@H](Cn1cc(-c3ccc(C(F)(F)F)cc3)nn1)[C@@]13CC(=O)[C@@](C)(CC[C@@H]21)C3. The van der Waals surface area contributed by atoms with Crippen LogP contribution in [0.25, 0.3) is 11.3 Å². The monoisotopic (exact) mass is 481 g/mol.